The number of benzene rings is 1. The van der Waals surface area contributed by atoms with E-state index in [0.29, 0.717) is 0 Å². The van der Waals surface area contributed by atoms with E-state index in [1.54, 1.807) is 0 Å². The van der Waals surface area contributed by atoms with Crippen LogP contribution in [0.2, 0.25) is 0 Å². The van der Waals surface area contributed by atoms with Gasteiger partial charge >= 0.3 is 0 Å². The van der Waals surface area contributed by atoms with Crippen molar-refractivity contribution in [1.82, 2.24) is 5.43 Å². The first kappa shape index (κ1) is 15.2. The van der Waals surface area contributed by atoms with Crippen molar-refractivity contribution < 1.29 is 4.74 Å². The van der Waals surface area contributed by atoms with E-state index in [-0.39, 0.29) is 6.04 Å². The van der Waals surface area contributed by atoms with Gasteiger partial charge in [0.05, 0.1) is 0 Å². The molecule has 18 heavy (non-hydrogen) atoms. The summed E-state index contributed by atoms with van der Waals surface area (Å²) in [5, 5.41) is 0. The van der Waals surface area contributed by atoms with Gasteiger partial charge < -0.3 is 4.74 Å². The van der Waals surface area contributed by atoms with Gasteiger partial charge in [-0.25, -0.2) is 0 Å². The number of aryl methyl sites for hydroxylation is 1. The molecule has 1 aromatic rings. The number of hydrazine groups is 1. The first-order valence-corrected chi connectivity index (χ1v) is 6.94. The summed E-state index contributed by atoms with van der Waals surface area (Å²) in [5.74, 6) is 5.63. The zero-order valence-corrected chi connectivity index (χ0v) is 11.6. The van der Waals surface area contributed by atoms with Crippen LogP contribution in [0.3, 0.4) is 0 Å². The van der Waals surface area contributed by atoms with Crippen molar-refractivity contribution >= 4 is 0 Å². The van der Waals surface area contributed by atoms with E-state index in [9.17, 15) is 0 Å². The van der Waals surface area contributed by atoms with Crippen molar-refractivity contribution in [2.75, 3.05) is 13.2 Å². The van der Waals surface area contributed by atoms with Crippen molar-refractivity contribution in [3.05, 3.63) is 35.4 Å². The van der Waals surface area contributed by atoms with Crippen LogP contribution in [-0.2, 0) is 11.2 Å². The van der Waals surface area contributed by atoms with Crippen molar-refractivity contribution in [3.8, 4) is 0 Å². The van der Waals surface area contributed by atoms with Gasteiger partial charge in [-0.3, -0.25) is 11.3 Å². The summed E-state index contributed by atoms with van der Waals surface area (Å²) in [7, 11) is 0. The minimum Gasteiger partial charge on any atom is -0.382 e. The van der Waals surface area contributed by atoms with Crippen LogP contribution < -0.4 is 11.3 Å². The summed E-state index contributed by atoms with van der Waals surface area (Å²) in [5.41, 5.74) is 5.54. The summed E-state index contributed by atoms with van der Waals surface area (Å²) in [6, 6.07) is 8.98. The number of rotatable bonds is 9. The SMILES string of the molecule is CCCc1ccc(C(CCCOCC)NN)cc1. The third-order valence-electron chi connectivity index (χ3n) is 3.11. The molecule has 0 aliphatic heterocycles. The zero-order valence-electron chi connectivity index (χ0n) is 11.6. The topological polar surface area (TPSA) is 47.3 Å². The Balaban J connectivity index is 2.48. The number of hydrogen-bond donors (Lipinski definition) is 2. The van der Waals surface area contributed by atoms with Gasteiger partial charge in [-0.1, -0.05) is 37.6 Å². The van der Waals surface area contributed by atoms with Gasteiger partial charge in [0.25, 0.3) is 0 Å². The molecule has 0 bridgehead atoms. The highest BCUT2D eigenvalue weighted by Gasteiger charge is 2.08. The molecule has 0 radical (unpaired) electrons. The van der Waals surface area contributed by atoms with Crippen molar-refractivity contribution in [2.45, 2.75) is 45.6 Å². The first-order chi connectivity index (χ1) is 8.81. The van der Waals surface area contributed by atoms with E-state index < -0.39 is 0 Å². The number of ether oxygens (including phenoxy) is 1. The van der Waals surface area contributed by atoms with E-state index in [4.69, 9.17) is 10.6 Å². The van der Waals surface area contributed by atoms with Gasteiger partial charge in [0.1, 0.15) is 0 Å². The van der Waals surface area contributed by atoms with Crippen LogP contribution in [0.4, 0.5) is 0 Å². The van der Waals surface area contributed by atoms with Crippen LogP contribution in [-0.4, -0.2) is 13.2 Å². The summed E-state index contributed by atoms with van der Waals surface area (Å²) >= 11 is 0. The smallest absolute Gasteiger partial charge is 0.0466 e. The van der Waals surface area contributed by atoms with Gasteiger partial charge in [-0.05, 0) is 37.3 Å². The Hall–Kier alpha value is -0.900. The van der Waals surface area contributed by atoms with Crippen LogP contribution in [0.15, 0.2) is 24.3 Å². The summed E-state index contributed by atoms with van der Waals surface area (Å²) in [4.78, 5) is 0. The third-order valence-corrected chi connectivity index (χ3v) is 3.11. The average Bonchev–Trinajstić information content (AvgIpc) is 2.41. The fraction of sp³-hybridized carbons (Fsp3) is 0.600. The Morgan fingerprint density at radius 3 is 2.50 bits per heavy atom. The van der Waals surface area contributed by atoms with E-state index in [2.05, 4.69) is 36.6 Å². The standard InChI is InChI=1S/C15H26N2O/c1-3-6-13-8-10-14(11-9-13)15(17-16)7-5-12-18-4-2/h8-11,15,17H,3-7,12,16H2,1-2H3. The molecule has 102 valence electrons. The van der Waals surface area contributed by atoms with Crippen LogP contribution in [0.1, 0.15) is 50.3 Å². The van der Waals surface area contributed by atoms with Crippen LogP contribution in [0.5, 0.6) is 0 Å². The molecule has 1 atom stereocenters. The van der Waals surface area contributed by atoms with Gasteiger partial charge in [-0.2, -0.15) is 0 Å². The van der Waals surface area contributed by atoms with Gasteiger partial charge in [0, 0.05) is 19.3 Å². The Morgan fingerprint density at radius 1 is 1.22 bits per heavy atom. The van der Waals surface area contributed by atoms with Gasteiger partial charge in [-0.15, -0.1) is 0 Å². The molecule has 3 N–H and O–H groups in total. The Morgan fingerprint density at radius 2 is 1.94 bits per heavy atom. The lowest BCUT2D eigenvalue weighted by atomic mass is 10.00. The molecule has 0 aliphatic rings. The molecular weight excluding hydrogens is 224 g/mol. The molecule has 3 heteroatoms. The molecule has 1 rings (SSSR count). The number of hydrogen-bond acceptors (Lipinski definition) is 3. The Labute approximate surface area is 111 Å². The largest absolute Gasteiger partial charge is 0.382 e. The maximum atomic E-state index is 5.63. The van der Waals surface area contributed by atoms with Gasteiger partial charge in [0.2, 0.25) is 0 Å². The molecule has 0 aromatic heterocycles. The van der Waals surface area contributed by atoms with Gasteiger partial charge in [0.15, 0.2) is 0 Å². The van der Waals surface area contributed by atoms with Crippen molar-refractivity contribution in [3.63, 3.8) is 0 Å². The molecule has 0 heterocycles. The second-order valence-corrected chi connectivity index (χ2v) is 4.55. The minimum atomic E-state index is 0.223. The lowest BCUT2D eigenvalue weighted by Gasteiger charge is -2.16. The van der Waals surface area contributed by atoms with E-state index >= 15 is 0 Å². The third kappa shape index (κ3) is 5.17. The monoisotopic (exact) mass is 250 g/mol. The summed E-state index contributed by atoms with van der Waals surface area (Å²) in [6.45, 7) is 5.81. The van der Waals surface area contributed by atoms with E-state index in [0.717, 1.165) is 32.5 Å². The molecule has 1 aromatic carbocycles. The second-order valence-electron chi connectivity index (χ2n) is 4.55. The van der Waals surface area contributed by atoms with E-state index in [1.807, 2.05) is 6.92 Å². The molecule has 0 saturated carbocycles. The fourth-order valence-electron chi connectivity index (χ4n) is 2.09. The molecule has 1 unspecified atom stereocenters. The first-order valence-electron chi connectivity index (χ1n) is 6.94. The number of nitrogens with two attached hydrogens (primary N) is 1. The molecule has 3 nitrogen and oxygen atoms in total. The molecule has 0 fully saturated rings. The van der Waals surface area contributed by atoms with Crippen LogP contribution in [0.25, 0.3) is 0 Å². The van der Waals surface area contributed by atoms with Crippen molar-refractivity contribution in [2.24, 2.45) is 5.84 Å². The molecular formula is C15H26N2O. The molecule has 0 aliphatic carbocycles. The predicted molar refractivity (Wildman–Crippen MR) is 76.2 cm³/mol. The average molecular weight is 250 g/mol. The lowest BCUT2D eigenvalue weighted by Crippen LogP contribution is -2.28. The Kier molecular flexibility index (Phi) is 7.65. The van der Waals surface area contributed by atoms with Crippen LogP contribution in [0, 0.1) is 0 Å². The summed E-state index contributed by atoms with van der Waals surface area (Å²) in [6.07, 6.45) is 4.36. The summed E-state index contributed by atoms with van der Waals surface area (Å²) < 4.78 is 5.35. The molecule has 0 saturated heterocycles. The lowest BCUT2D eigenvalue weighted by molar-refractivity contribution is 0.141. The highest BCUT2D eigenvalue weighted by atomic mass is 16.5. The highest BCUT2D eigenvalue weighted by Crippen LogP contribution is 2.18. The maximum Gasteiger partial charge on any atom is 0.0466 e. The maximum absolute atomic E-state index is 5.63. The van der Waals surface area contributed by atoms with Crippen molar-refractivity contribution in [1.29, 1.82) is 0 Å². The highest BCUT2D eigenvalue weighted by molar-refractivity contribution is 5.25. The quantitative estimate of drug-likeness (QED) is 0.402. The van der Waals surface area contributed by atoms with E-state index in [1.165, 1.54) is 17.5 Å². The fourth-order valence-corrected chi connectivity index (χ4v) is 2.09. The molecule has 0 spiro atoms. The predicted octanol–water partition coefficient (Wildman–Crippen LogP) is 2.96. The minimum absolute atomic E-state index is 0.223. The second kappa shape index (κ2) is 9.09. The molecule has 0 amide bonds. The number of nitrogens with one attached hydrogen (secondary N) is 1. The van der Waals surface area contributed by atoms with Crippen LogP contribution >= 0.6 is 0 Å². The zero-order chi connectivity index (χ0) is 13.2. The Bertz CT molecular complexity index is 311. The normalized spacial score (nSPS) is 12.6.